The summed E-state index contributed by atoms with van der Waals surface area (Å²) in [5.74, 6) is 0.636. The van der Waals surface area contributed by atoms with E-state index >= 15 is 0 Å². The van der Waals surface area contributed by atoms with Gasteiger partial charge in [0.25, 0.3) is 0 Å². The van der Waals surface area contributed by atoms with E-state index in [0.717, 1.165) is 13.1 Å². The Bertz CT molecular complexity index is 615. The van der Waals surface area contributed by atoms with E-state index in [1.807, 2.05) is 42.2 Å². The molecule has 0 aliphatic carbocycles. The van der Waals surface area contributed by atoms with E-state index in [1.165, 1.54) is 5.56 Å². The first kappa shape index (κ1) is 15.1. The molecule has 1 aromatic carbocycles. The molecule has 0 fully saturated rings. The van der Waals surface area contributed by atoms with Crippen LogP contribution < -0.4 is 10.1 Å². The van der Waals surface area contributed by atoms with Gasteiger partial charge in [0.05, 0.1) is 18.3 Å². The minimum absolute atomic E-state index is 0.305. The standard InChI is InChI=1S/C16H20N4O/c1-13-10-19-20(11-13)12-14(2)18-7-8-21-16-6-4-3-5-15(16)9-17/h3-6,10-11,14,18H,7-8,12H2,1-2H3/t14-/m0/s1. The molecule has 110 valence electrons. The molecule has 1 aromatic heterocycles. The van der Waals surface area contributed by atoms with Crippen LogP contribution in [0, 0.1) is 18.3 Å². The lowest BCUT2D eigenvalue weighted by Crippen LogP contribution is -2.33. The molecule has 0 aliphatic rings. The lowest BCUT2D eigenvalue weighted by molar-refractivity contribution is 0.301. The summed E-state index contributed by atoms with van der Waals surface area (Å²) in [7, 11) is 0. The van der Waals surface area contributed by atoms with E-state index in [1.54, 1.807) is 6.07 Å². The Labute approximate surface area is 125 Å². The van der Waals surface area contributed by atoms with Crippen molar-refractivity contribution in [3.63, 3.8) is 0 Å². The number of nitrogens with zero attached hydrogens (tertiary/aromatic N) is 3. The zero-order valence-electron chi connectivity index (χ0n) is 12.4. The SMILES string of the molecule is Cc1cnn(C[C@H](C)NCCOc2ccccc2C#N)c1. The Morgan fingerprint density at radius 1 is 1.43 bits per heavy atom. The highest BCUT2D eigenvalue weighted by Gasteiger charge is 2.04. The maximum absolute atomic E-state index is 8.97. The number of aryl methyl sites for hydroxylation is 1. The molecule has 21 heavy (non-hydrogen) atoms. The van der Waals surface area contributed by atoms with Gasteiger partial charge in [-0.25, -0.2) is 0 Å². The van der Waals surface area contributed by atoms with E-state index in [4.69, 9.17) is 10.00 Å². The average Bonchev–Trinajstić information content (AvgIpc) is 2.89. The van der Waals surface area contributed by atoms with Crippen LogP contribution in [-0.4, -0.2) is 29.0 Å². The highest BCUT2D eigenvalue weighted by molar-refractivity contribution is 5.42. The molecular weight excluding hydrogens is 264 g/mol. The lowest BCUT2D eigenvalue weighted by Gasteiger charge is -2.14. The van der Waals surface area contributed by atoms with Crippen molar-refractivity contribution in [1.82, 2.24) is 15.1 Å². The summed E-state index contributed by atoms with van der Waals surface area (Å²) < 4.78 is 7.55. The number of hydrogen-bond acceptors (Lipinski definition) is 4. The molecular formula is C16H20N4O. The van der Waals surface area contributed by atoms with E-state index in [9.17, 15) is 0 Å². The predicted octanol–water partition coefficient (Wildman–Crippen LogP) is 2.12. The Kier molecular flexibility index (Phi) is 5.35. The number of ether oxygens (including phenoxy) is 1. The van der Waals surface area contributed by atoms with Crippen molar-refractivity contribution >= 4 is 0 Å². The molecule has 0 saturated carbocycles. The van der Waals surface area contributed by atoms with Gasteiger partial charge in [-0.15, -0.1) is 0 Å². The molecule has 5 nitrogen and oxygen atoms in total. The summed E-state index contributed by atoms with van der Waals surface area (Å²) in [6.07, 6.45) is 3.88. The van der Waals surface area contributed by atoms with E-state index in [0.29, 0.717) is 24.0 Å². The van der Waals surface area contributed by atoms with Crippen LogP contribution in [0.5, 0.6) is 5.75 Å². The summed E-state index contributed by atoms with van der Waals surface area (Å²) in [5, 5.41) is 16.6. The van der Waals surface area contributed by atoms with Crippen molar-refractivity contribution in [2.24, 2.45) is 0 Å². The van der Waals surface area contributed by atoms with Crippen molar-refractivity contribution in [2.45, 2.75) is 26.4 Å². The number of hydrogen-bond donors (Lipinski definition) is 1. The minimum atomic E-state index is 0.305. The van der Waals surface area contributed by atoms with Crippen LogP contribution in [0.4, 0.5) is 0 Å². The van der Waals surface area contributed by atoms with Gasteiger partial charge in [0.2, 0.25) is 0 Å². The summed E-state index contributed by atoms with van der Waals surface area (Å²) in [6, 6.07) is 9.70. The van der Waals surface area contributed by atoms with Crippen LogP contribution in [0.25, 0.3) is 0 Å². The zero-order valence-corrected chi connectivity index (χ0v) is 12.4. The summed E-state index contributed by atoms with van der Waals surface area (Å²) >= 11 is 0. The van der Waals surface area contributed by atoms with Crippen molar-refractivity contribution in [1.29, 1.82) is 5.26 Å². The van der Waals surface area contributed by atoms with Gasteiger partial charge < -0.3 is 10.1 Å². The fraction of sp³-hybridized carbons (Fsp3) is 0.375. The third kappa shape index (κ3) is 4.62. The maximum atomic E-state index is 8.97. The predicted molar refractivity (Wildman–Crippen MR) is 81.1 cm³/mol. The highest BCUT2D eigenvalue weighted by atomic mass is 16.5. The smallest absolute Gasteiger partial charge is 0.137 e. The molecule has 0 amide bonds. The second-order valence-electron chi connectivity index (χ2n) is 5.05. The van der Waals surface area contributed by atoms with Gasteiger partial charge in [-0.3, -0.25) is 4.68 Å². The van der Waals surface area contributed by atoms with Gasteiger partial charge in [-0.1, -0.05) is 12.1 Å². The van der Waals surface area contributed by atoms with E-state index in [2.05, 4.69) is 23.4 Å². The largest absolute Gasteiger partial charge is 0.491 e. The lowest BCUT2D eigenvalue weighted by atomic mass is 10.2. The number of aromatic nitrogens is 2. The Balaban J connectivity index is 1.71. The molecule has 1 heterocycles. The van der Waals surface area contributed by atoms with Crippen molar-refractivity contribution in [3.05, 3.63) is 47.8 Å². The summed E-state index contributed by atoms with van der Waals surface area (Å²) in [5.41, 5.74) is 1.73. The first-order valence-corrected chi connectivity index (χ1v) is 7.03. The number of benzene rings is 1. The first-order chi connectivity index (χ1) is 10.2. The van der Waals surface area contributed by atoms with Gasteiger partial charge in [0.15, 0.2) is 0 Å². The molecule has 1 atom stereocenters. The monoisotopic (exact) mass is 284 g/mol. The van der Waals surface area contributed by atoms with Crippen molar-refractivity contribution in [2.75, 3.05) is 13.2 Å². The van der Waals surface area contributed by atoms with Crippen LogP contribution in [0.3, 0.4) is 0 Å². The average molecular weight is 284 g/mol. The Morgan fingerprint density at radius 3 is 2.95 bits per heavy atom. The topological polar surface area (TPSA) is 62.9 Å². The van der Waals surface area contributed by atoms with Crippen LogP contribution in [0.15, 0.2) is 36.7 Å². The maximum Gasteiger partial charge on any atom is 0.137 e. The van der Waals surface area contributed by atoms with Gasteiger partial charge in [-0.05, 0) is 31.5 Å². The molecule has 2 rings (SSSR count). The number of nitriles is 1. The molecule has 2 aromatic rings. The number of rotatable bonds is 7. The van der Waals surface area contributed by atoms with Crippen LogP contribution in [-0.2, 0) is 6.54 Å². The van der Waals surface area contributed by atoms with Gasteiger partial charge >= 0.3 is 0 Å². The van der Waals surface area contributed by atoms with Crippen LogP contribution >= 0.6 is 0 Å². The molecule has 0 saturated heterocycles. The molecule has 5 heteroatoms. The van der Waals surface area contributed by atoms with Crippen molar-refractivity contribution in [3.8, 4) is 11.8 Å². The van der Waals surface area contributed by atoms with Crippen molar-refractivity contribution < 1.29 is 4.74 Å². The fourth-order valence-electron chi connectivity index (χ4n) is 2.06. The third-order valence-electron chi connectivity index (χ3n) is 3.08. The zero-order chi connectivity index (χ0) is 15.1. The van der Waals surface area contributed by atoms with E-state index in [-0.39, 0.29) is 0 Å². The van der Waals surface area contributed by atoms with Crippen LogP contribution in [0.1, 0.15) is 18.1 Å². The minimum Gasteiger partial charge on any atom is -0.491 e. The van der Waals surface area contributed by atoms with E-state index < -0.39 is 0 Å². The van der Waals surface area contributed by atoms with Gasteiger partial charge in [-0.2, -0.15) is 10.4 Å². The quantitative estimate of drug-likeness (QED) is 0.791. The first-order valence-electron chi connectivity index (χ1n) is 7.03. The van der Waals surface area contributed by atoms with Gasteiger partial charge in [0, 0.05) is 18.8 Å². The summed E-state index contributed by atoms with van der Waals surface area (Å²) in [4.78, 5) is 0. The molecule has 0 bridgehead atoms. The van der Waals surface area contributed by atoms with Gasteiger partial charge in [0.1, 0.15) is 18.4 Å². The normalized spacial score (nSPS) is 11.9. The molecule has 0 radical (unpaired) electrons. The Morgan fingerprint density at radius 2 is 2.24 bits per heavy atom. The second-order valence-corrected chi connectivity index (χ2v) is 5.05. The molecule has 0 aliphatic heterocycles. The summed E-state index contributed by atoms with van der Waals surface area (Å²) in [6.45, 7) is 6.22. The Hall–Kier alpha value is -2.32. The molecule has 0 spiro atoms. The fourth-order valence-corrected chi connectivity index (χ4v) is 2.06. The van der Waals surface area contributed by atoms with Crippen LogP contribution in [0.2, 0.25) is 0 Å². The number of nitrogens with one attached hydrogen (secondary N) is 1. The molecule has 1 N–H and O–H groups in total. The number of para-hydroxylation sites is 1. The highest BCUT2D eigenvalue weighted by Crippen LogP contribution is 2.15. The molecule has 0 unspecified atom stereocenters. The third-order valence-corrected chi connectivity index (χ3v) is 3.08. The second kappa shape index (κ2) is 7.46.